The van der Waals surface area contributed by atoms with Crippen molar-refractivity contribution in [1.82, 2.24) is 0 Å². The molecule has 0 atom stereocenters. The highest BCUT2D eigenvalue weighted by atomic mass is 16.6. The molecule has 0 unspecified atom stereocenters. The summed E-state index contributed by atoms with van der Waals surface area (Å²) in [6.07, 6.45) is 0. The van der Waals surface area contributed by atoms with Crippen LogP contribution in [-0.4, -0.2) is 36.9 Å². The zero-order valence-electron chi connectivity index (χ0n) is 10.3. The summed E-state index contributed by atoms with van der Waals surface area (Å²) in [7, 11) is 0. The Morgan fingerprint density at radius 2 is 1.94 bits per heavy atom. The molecule has 1 aromatic heterocycles. The van der Waals surface area contributed by atoms with E-state index >= 15 is 0 Å². The van der Waals surface area contributed by atoms with Crippen LogP contribution in [0.1, 0.15) is 35.0 Å². The van der Waals surface area contributed by atoms with Crippen molar-refractivity contribution >= 4 is 11.9 Å². The lowest BCUT2D eigenvalue weighted by Gasteiger charge is -2.06. The number of rotatable bonds is 7. The Morgan fingerprint density at radius 1 is 1.28 bits per heavy atom. The lowest BCUT2D eigenvalue weighted by Crippen LogP contribution is -2.12. The number of aromatic carboxylic acids is 1. The SMILES string of the molecule is CC(C)COCCOC(=O)c1ccc(C(=O)O)o1. The molecule has 0 radical (unpaired) electrons. The minimum Gasteiger partial charge on any atom is -0.475 e. The average molecular weight is 256 g/mol. The summed E-state index contributed by atoms with van der Waals surface area (Å²) < 4.78 is 14.9. The van der Waals surface area contributed by atoms with Crippen LogP contribution in [0.3, 0.4) is 0 Å². The number of ether oxygens (including phenoxy) is 2. The van der Waals surface area contributed by atoms with Gasteiger partial charge >= 0.3 is 11.9 Å². The lowest BCUT2D eigenvalue weighted by atomic mass is 10.2. The highest BCUT2D eigenvalue weighted by Gasteiger charge is 2.15. The smallest absolute Gasteiger partial charge is 0.374 e. The summed E-state index contributed by atoms with van der Waals surface area (Å²) in [5.41, 5.74) is 0. The monoisotopic (exact) mass is 256 g/mol. The topological polar surface area (TPSA) is 86.0 Å². The highest BCUT2D eigenvalue weighted by Crippen LogP contribution is 2.09. The molecule has 1 N–H and O–H groups in total. The average Bonchev–Trinajstić information content (AvgIpc) is 2.77. The summed E-state index contributed by atoms with van der Waals surface area (Å²) in [5.74, 6) is -1.93. The second-order valence-corrected chi connectivity index (χ2v) is 4.07. The Balaban J connectivity index is 2.30. The van der Waals surface area contributed by atoms with Gasteiger partial charge in [-0.3, -0.25) is 0 Å². The van der Waals surface area contributed by atoms with Crippen molar-refractivity contribution in [3.63, 3.8) is 0 Å². The highest BCUT2D eigenvalue weighted by molar-refractivity contribution is 5.89. The number of carbonyl (C=O) groups is 2. The van der Waals surface area contributed by atoms with Crippen LogP contribution in [0.2, 0.25) is 0 Å². The Hall–Kier alpha value is -1.82. The predicted molar refractivity (Wildman–Crippen MR) is 61.6 cm³/mol. The number of hydrogen-bond acceptors (Lipinski definition) is 5. The van der Waals surface area contributed by atoms with E-state index in [1.54, 1.807) is 0 Å². The van der Waals surface area contributed by atoms with Gasteiger partial charge in [0.25, 0.3) is 0 Å². The van der Waals surface area contributed by atoms with Gasteiger partial charge in [-0.2, -0.15) is 0 Å². The first-order valence-electron chi connectivity index (χ1n) is 5.58. The van der Waals surface area contributed by atoms with Gasteiger partial charge in [0.15, 0.2) is 0 Å². The Morgan fingerprint density at radius 3 is 2.50 bits per heavy atom. The normalized spacial score (nSPS) is 10.6. The number of carboxylic acid groups (broad SMARTS) is 1. The van der Waals surface area contributed by atoms with E-state index in [1.807, 2.05) is 13.8 Å². The molecule has 0 aliphatic heterocycles. The van der Waals surface area contributed by atoms with E-state index in [9.17, 15) is 9.59 Å². The van der Waals surface area contributed by atoms with Crippen molar-refractivity contribution in [2.45, 2.75) is 13.8 Å². The zero-order chi connectivity index (χ0) is 13.5. The first-order chi connectivity index (χ1) is 8.50. The van der Waals surface area contributed by atoms with E-state index < -0.39 is 11.9 Å². The summed E-state index contributed by atoms with van der Waals surface area (Å²) in [6, 6.07) is 2.47. The third-order valence-corrected chi connectivity index (χ3v) is 1.93. The van der Waals surface area contributed by atoms with Crippen molar-refractivity contribution < 1.29 is 28.6 Å². The minimum absolute atomic E-state index is 0.106. The van der Waals surface area contributed by atoms with E-state index in [-0.39, 0.29) is 18.1 Å². The molecular weight excluding hydrogens is 240 g/mol. The maximum absolute atomic E-state index is 11.4. The largest absolute Gasteiger partial charge is 0.475 e. The first kappa shape index (κ1) is 14.2. The first-order valence-corrected chi connectivity index (χ1v) is 5.58. The molecule has 18 heavy (non-hydrogen) atoms. The molecule has 1 aromatic rings. The molecule has 1 heterocycles. The van der Waals surface area contributed by atoms with E-state index in [0.29, 0.717) is 19.1 Å². The second kappa shape index (κ2) is 6.80. The van der Waals surface area contributed by atoms with E-state index in [0.717, 1.165) is 0 Å². The van der Waals surface area contributed by atoms with Gasteiger partial charge in [0, 0.05) is 6.61 Å². The summed E-state index contributed by atoms with van der Waals surface area (Å²) in [6.45, 7) is 5.04. The number of esters is 1. The van der Waals surface area contributed by atoms with Crippen LogP contribution in [0.25, 0.3) is 0 Å². The third-order valence-electron chi connectivity index (χ3n) is 1.93. The van der Waals surface area contributed by atoms with Crippen LogP contribution in [-0.2, 0) is 9.47 Å². The maximum Gasteiger partial charge on any atom is 0.374 e. The molecule has 0 bridgehead atoms. The molecule has 0 saturated carbocycles. The molecular formula is C12H16O6. The van der Waals surface area contributed by atoms with Crippen molar-refractivity contribution in [3.05, 3.63) is 23.7 Å². The van der Waals surface area contributed by atoms with Crippen molar-refractivity contribution in [2.75, 3.05) is 19.8 Å². The molecule has 0 saturated heterocycles. The van der Waals surface area contributed by atoms with Crippen LogP contribution in [0.5, 0.6) is 0 Å². The van der Waals surface area contributed by atoms with Gasteiger partial charge in [-0.25, -0.2) is 9.59 Å². The second-order valence-electron chi connectivity index (χ2n) is 4.07. The Bertz CT molecular complexity index is 406. The minimum atomic E-state index is -1.23. The summed E-state index contributed by atoms with van der Waals surface area (Å²) in [5, 5.41) is 8.61. The van der Waals surface area contributed by atoms with Gasteiger partial charge in [-0.1, -0.05) is 13.8 Å². The standard InChI is InChI=1S/C12H16O6/c1-8(2)7-16-5-6-17-12(15)10-4-3-9(18-10)11(13)14/h3-4,8H,5-7H2,1-2H3,(H,13,14). The van der Waals surface area contributed by atoms with Crippen molar-refractivity contribution in [1.29, 1.82) is 0 Å². The van der Waals surface area contributed by atoms with Gasteiger partial charge in [0.05, 0.1) is 6.61 Å². The summed E-state index contributed by atoms with van der Waals surface area (Å²) >= 11 is 0. The molecule has 0 amide bonds. The van der Waals surface area contributed by atoms with Crippen LogP contribution in [0.15, 0.2) is 16.5 Å². The lowest BCUT2D eigenvalue weighted by molar-refractivity contribution is 0.0248. The van der Waals surface area contributed by atoms with Crippen LogP contribution >= 0.6 is 0 Å². The molecule has 0 fully saturated rings. The van der Waals surface area contributed by atoms with Gasteiger partial charge in [-0.15, -0.1) is 0 Å². The molecule has 1 rings (SSSR count). The zero-order valence-corrected chi connectivity index (χ0v) is 10.3. The Labute approximate surface area is 104 Å². The fraction of sp³-hybridized carbons (Fsp3) is 0.500. The van der Waals surface area contributed by atoms with Gasteiger partial charge < -0.3 is 19.0 Å². The predicted octanol–water partition coefficient (Wildman–Crippen LogP) is 1.81. The molecule has 6 nitrogen and oxygen atoms in total. The van der Waals surface area contributed by atoms with Crippen LogP contribution < -0.4 is 0 Å². The van der Waals surface area contributed by atoms with Crippen molar-refractivity contribution in [3.8, 4) is 0 Å². The van der Waals surface area contributed by atoms with Gasteiger partial charge in [0.1, 0.15) is 6.61 Å². The molecule has 0 spiro atoms. The molecule has 100 valence electrons. The molecule has 0 aliphatic carbocycles. The van der Waals surface area contributed by atoms with Gasteiger partial charge in [-0.05, 0) is 18.1 Å². The molecule has 6 heteroatoms. The third kappa shape index (κ3) is 4.58. The number of hydrogen-bond donors (Lipinski definition) is 1. The fourth-order valence-corrected chi connectivity index (χ4v) is 1.15. The number of carboxylic acids is 1. The van der Waals surface area contributed by atoms with Gasteiger partial charge in [0.2, 0.25) is 11.5 Å². The molecule has 0 aliphatic rings. The Kier molecular flexibility index (Phi) is 5.38. The van der Waals surface area contributed by atoms with E-state index in [1.165, 1.54) is 12.1 Å². The van der Waals surface area contributed by atoms with Crippen LogP contribution in [0.4, 0.5) is 0 Å². The molecule has 0 aromatic carbocycles. The van der Waals surface area contributed by atoms with E-state index in [4.69, 9.17) is 19.0 Å². The van der Waals surface area contributed by atoms with Crippen LogP contribution in [0, 0.1) is 5.92 Å². The van der Waals surface area contributed by atoms with Crippen molar-refractivity contribution in [2.24, 2.45) is 5.92 Å². The number of carbonyl (C=O) groups excluding carboxylic acids is 1. The fourth-order valence-electron chi connectivity index (χ4n) is 1.15. The number of furan rings is 1. The summed E-state index contributed by atoms with van der Waals surface area (Å²) in [4.78, 5) is 21.9. The van der Waals surface area contributed by atoms with E-state index in [2.05, 4.69) is 0 Å². The quantitative estimate of drug-likeness (QED) is 0.591. The maximum atomic E-state index is 11.4.